The molecule has 30 heavy (non-hydrogen) atoms. The quantitative estimate of drug-likeness (QED) is 0.794. The number of hydrogen-bond acceptors (Lipinski definition) is 5. The van der Waals surface area contributed by atoms with E-state index in [1.807, 2.05) is 42.2 Å². The number of benzene rings is 1. The zero-order chi connectivity index (χ0) is 21.1. The minimum atomic E-state index is -0.273. The van der Waals surface area contributed by atoms with Gasteiger partial charge in [0.05, 0.1) is 17.1 Å². The summed E-state index contributed by atoms with van der Waals surface area (Å²) in [5, 5.41) is 3.37. The van der Waals surface area contributed by atoms with Crippen LogP contribution in [0.2, 0.25) is 5.02 Å². The molecule has 2 aliphatic heterocycles. The summed E-state index contributed by atoms with van der Waals surface area (Å²) in [5.41, 5.74) is 0.963. The Balaban J connectivity index is 1.30. The van der Waals surface area contributed by atoms with Gasteiger partial charge in [0, 0.05) is 44.6 Å². The highest BCUT2D eigenvalue weighted by Crippen LogP contribution is 2.25. The van der Waals surface area contributed by atoms with Gasteiger partial charge >= 0.3 is 0 Å². The number of nitrogens with zero attached hydrogens (tertiary/aromatic N) is 4. The van der Waals surface area contributed by atoms with Gasteiger partial charge in [-0.2, -0.15) is 0 Å². The fourth-order valence-corrected chi connectivity index (χ4v) is 4.26. The Morgan fingerprint density at radius 1 is 1.10 bits per heavy atom. The van der Waals surface area contributed by atoms with E-state index in [4.69, 9.17) is 11.6 Å². The van der Waals surface area contributed by atoms with Gasteiger partial charge in [-0.3, -0.25) is 19.4 Å². The van der Waals surface area contributed by atoms with Crippen molar-refractivity contribution in [1.29, 1.82) is 0 Å². The molecule has 0 radical (unpaired) electrons. The van der Waals surface area contributed by atoms with E-state index in [0.717, 1.165) is 44.8 Å². The van der Waals surface area contributed by atoms with Crippen LogP contribution in [0.25, 0.3) is 0 Å². The molecule has 158 valence electrons. The second kappa shape index (κ2) is 9.12. The van der Waals surface area contributed by atoms with E-state index in [9.17, 15) is 9.59 Å². The van der Waals surface area contributed by atoms with Crippen molar-refractivity contribution in [3.63, 3.8) is 0 Å². The van der Waals surface area contributed by atoms with Gasteiger partial charge in [0.2, 0.25) is 11.8 Å². The van der Waals surface area contributed by atoms with Gasteiger partial charge in [0.15, 0.2) is 0 Å². The Morgan fingerprint density at radius 3 is 2.50 bits per heavy atom. The number of nitrogens with one attached hydrogen (secondary N) is 1. The first kappa shape index (κ1) is 20.8. The molecule has 2 fully saturated rings. The van der Waals surface area contributed by atoms with Crippen LogP contribution in [0.15, 0.2) is 48.7 Å². The van der Waals surface area contributed by atoms with Gasteiger partial charge in [-0.05, 0) is 37.6 Å². The summed E-state index contributed by atoms with van der Waals surface area (Å²) in [7, 11) is 0. The van der Waals surface area contributed by atoms with Crippen LogP contribution in [0.5, 0.6) is 0 Å². The molecular weight excluding hydrogens is 402 g/mol. The summed E-state index contributed by atoms with van der Waals surface area (Å²) in [6.45, 7) is 5.70. The SMILES string of the molecule is CC(C(=O)Nc1ccc(Cl)cn1)N1CCN(C2CCN(c3ccccc3)C2=O)CC1. The number of para-hydroxylation sites is 1. The Bertz CT molecular complexity index is 884. The Kier molecular flexibility index (Phi) is 6.32. The molecule has 0 saturated carbocycles. The number of pyridine rings is 1. The molecule has 1 aromatic heterocycles. The van der Waals surface area contributed by atoms with Crippen molar-refractivity contribution < 1.29 is 9.59 Å². The van der Waals surface area contributed by atoms with E-state index in [0.29, 0.717) is 10.8 Å². The lowest BCUT2D eigenvalue weighted by Crippen LogP contribution is -2.56. The van der Waals surface area contributed by atoms with Crippen LogP contribution in [-0.4, -0.2) is 71.4 Å². The van der Waals surface area contributed by atoms with E-state index >= 15 is 0 Å². The maximum Gasteiger partial charge on any atom is 0.244 e. The molecule has 2 atom stereocenters. The van der Waals surface area contributed by atoms with Crippen LogP contribution in [-0.2, 0) is 9.59 Å². The Labute approximate surface area is 181 Å². The number of rotatable bonds is 5. The number of aromatic nitrogens is 1. The third-order valence-corrected chi connectivity index (χ3v) is 6.16. The summed E-state index contributed by atoms with van der Waals surface area (Å²) in [6, 6.07) is 12.9. The lowest BCUT2D eigenvalue weighted by molar-refractivity contribution is -0.125. The highest BCUT2D eigenvalue weighted by molar-refractivity contribution is 6.30. The fraction of sp³-hybridized carbons (Fsp3) is 0.409. The lowest BCUT2D eigenvalue weighted by Gasteiger charge is -2.39. The van der Waals surface area contributed by atoms with Crippen LogP contribution >= 0.6 is 11.6 Å². The number of hydrogen-bond donors (Lipinski definition) is 1. The van der Waals surface area contributed by atoms with Crippen molar-refractivity contribution in [3.8, 4) is 0 Å². The molecule has 0 aliphatic carbocycles. The standard InChI is InChI=1S/C22H26ClN5O2/c1-16(21(29)25-20-8-7-17(23)15-24-20)26-11-13-27(14-12-26)19-9-10-28(22(19)30)18-5-3-2-4-6-18/h2-8,15-16,19H,9-14H2,1H3,(H,24,25,29). The van der Waals surface area contributed by atoms with Gasteiger partial charge in [0.25, 0.3) is 0 Å². The molecule has 3 heterocycles. The van der Waals surface area contributed by atoms with Crippen molar-refractivity contribution in [3.05, 3.63) is 53.7 Å². The zero-order valence-electron chi connectivity index (χ0n) is 17.0. The zero-order valence-corrected chi connectivity index (χ0v) is 17.8. The smallest absolute Gasteiger partial charge is 0.244 e. The third-order valence-electron chi connectivity index (χ3n) is 5.94. The van der Waals surface area contributed by atoms with Crippen LogP contribution in [0.4, 0.5) is 11.5 Å². The summed E-state index contributed by atoms with van der Waals surface area (Å²) in [5.74, 6) is 0.576. The number of amides is 2. The number of piperazine rings is 1. The first-order chi connectivity index (χ1) is 14.5. The lowest BCUT2D eigenvalue weighted by atomic mass is 10.1. The second-order valence-electron chi connectivity index (χ2n) is 7.73. The Hall–Kier alpha value is -2.48. The largest absolute Gasteiger partial charge is 0.311 e. The van der Waals surface area contributed by atoms with Gasteiger partial charge in [-0.25, -0.2) is 4.98 Å². The van der Waals surface area contributed by atoms with E-state index < -0.39 is 0 Å². The molecule has 2 amide bonds. The predicted octanol–water partition coefficient (Wildman–Crippen LogP) is 2.49. The molecule has 2 unspecified atom stereocenters. The topological polar surface area (TPSA) is 68.8 Å². The predicted molar refractivity (Wildman–Crippen MR) is 118 cm³/mol. The first-order valence-electron chi connectivity index (χ1n) is 10.3. The normalized spacial score (nSPS) is 21.6. The van der Waals surface area contributed by atoms with Crippen LogP contribution < -0.4 is 10.2 Å². The molecule has 0 bridgehead atoms. The molecule has 0 spiro atoms. The molecule has 2 saturated heterocycles. The number of halogens is 1. The molecule has 8 heteroatoms. The summed E-state index contributed by atoms with van der Waals surface area (Å²) in [6.07, 6.45) is 2.35. The summed E-state index contributed by atoms with van der Waals surface area (Å²) in [4.78, 5) is 35.9. The second-order valence-corrected chi connectivity index (χ2v) is 8.17. The molecular formula is C22H26ClN5O2. The number of anilines is 2. The molecule has 7 nitrogen and oxygen atoms in total. The molecule has 4 rings (SSSR count). The summed E-state index contributed by atoms with van der Waals surface area (Å²) < 4.78 is 0. The molecule has 2 aliphatic rings. The average Bonchev–Trinajstić information content (AvgIpc) is 3.17. The molecule has 2 aromatic rings. The van der Waals surface area contributed by atoms with Crippen molar-refractivity contribution in [2.75, 3.05) is 42.9 Å². The van der Waals surface area contributed by atoms with E-state index in [1.54, 1.807) is 12.1 Å². The highest BCUT2D eigenvalue weighted by atomic mass is 35.5. The highest BCUT2D eigenvalue weighted by Gasteiger charge is 2.38. The van der Waals surface area contributed by atoms with Crippen LogP contribution in [0, 0.1) is 0 Å². The first-order valence-corrected chi connectivity index (χ1v) is 10.7. The van der Waals surface area contributed by atoms with E-state index in [1.165, 1.54) is 6.20 Å². The fourth-order valence-electron chi connectivity index (χ4n) is 4.15. The minimum Gasteiger partial charge on any atom is -0.311 e. The third kappa shape index (κ3) is 4.48. The maximum absolute atomic E-state index is 12.9. The van der Waals surface area contributed by atoms with Crippen molar-refractivity contribution in [1.82, 2.24) is 14.8 Å². The van der Waals surface area contributed by atoms with Gasteiger partial charge in [-0.15, -0.1) is 0 Å². The number of carbonyl (C=O) groups excluding carboxylic acids is 2. The van der Waals surface area contributed by atoms with Crippen molar-refractivity contribution >= 4 is 34.9 Å². The van der Waals surface area contributed by atoms with Crippen LogP contribution in [0.1, 0.15) is 13.3 Å². The molecule has 1 aromatic carbocycles. The molecule has 1 N–H and O–H groups in total. The minimum absolute atomic E-state index is 0.0743. The van der Waals surface area contributed by atoms with Gasteiger partial charge in [0.1, 0.15) is 5.82 Å². The van der Waals surface area contributed by atoms with Gasteiger partial charge in [-0.1, -0.05) is 29.8 Å². The van der Waals surface area contributed by atoms with Crippen molar-refractivity contribution in [2.24, 2.45) is 0 Å². The van der Waals surface area contributed by atoms with E-state index in [-0.39, 0.29) is 23.9 Å². The monoisotopic (exact) mass is 427 g/mol. The number of carbonyl (C=O) groups is 2. The average molecular weight is 428 g/mol. The van der Waals surface area contributed by atoms with Gasteiger partial charge < -0.3 is 10.2 Å². The van der Waals surface area contributed by atoms with Crippen LogP contribution in [0.3, 0.4) is 0 Å². The Morgan fingerprint density at radius 2 is 1.83 bits per heavy atom. The van der Waals surface area contributed by atoms with Crippen molar-refractivity contribution in [2.45, 2.75) is 25.4 Å². The van der Waals surface area contributed by atoms with E-state index in [2.05, 4.69) is 20.1 Å². The maximum atomic E-state index is 12.9. The summed E-state index contributed by atoms with van der Waals surface area (Å²) >= 11 is 5.84.